The molecule has 0 saturated carbocycles. The van der Waals surface area contributed by atoms with Gasteiger partial charge in [-0.2, -0.15) is 13.2 Å². The number of ether oxygens (including phenoxy) is 1. The minimum atomic E-state index is -4.55. The van der Waals surface area contributed by atoms with Gasteiger partial charge in [-0.25, -0.2) is 15.0 Å². The van der Waals surface area contributed by atoms with Gasteiger partial charge >= 0.3 is 6.18 Å². The summed E-state index contributed by atoms with van der Waals surface area (Å²) in [6, 6.07) is 7.21. The van der Waals surface area contributed by atoms with Crippen molar-refractivity contribution < 1.29 is 17.9 Å². The smallest absolute Gasteiger partial charge is 0.449 e. The summed E-state index contributed by atoms with van der Waals surface area (Å²) >= 11 is 0. The maximum atomic E-state index is 13.2. The molecule has 23 heavy (non-hydrogen) atoms. The molecule has 5 nitrogen and oxygen atoms in total. The zero-order chi connectivity index (χ0) is 16.4. The normalized spacial score (nSPS) is 11.8. The van der Waals surface area contributed by atoms with Crippen LogP contribution in [-0.2, 0) is 19.1 Å². The highest BCUT2D eigenvalue weighted by Gasteiger charge is 2.37. The van der Waals surface area contributed by atoms with E-state index in [4.69, 9.17) is 4.74 Å². The summed E-state index contributed by atoms with van der Waals surface area (Å²) in [6.45, 7) is 0.123. The van der Waals surface area contributed by atoms with Gasteiger partial charge in [0.25, 0.3) is 0 Å². The molecule has 1 aromatic carbocycles. The van der Waals surface area contributed by atoms with Crippen LogP contribution in [0.5, 0.6) is 5.75 Å². The summed E-state index contributed by atoms with van der Waals surface area (Å²) in [7, 11) is 1.54. The Morgan fingerprint density at radius 1 is 1.22 bits per heavy atom. The number of imidazole rings is 1. The van der Waals surface area contributed by atoms with Crippen LogP contribution in [0.2, 0.25) is 0 Å². The number of alkyl halides is 3. The molecule has 0 fully saturated rings. The molecular weight excluding hydrogens is 309 g/mol. The standard InChI is InChI=1S/C15H13F3N4O/c1-23-11-4-2-3-10(7-11)5-6-22-8-12-13(20-9-19-12)21-14(22)15(16,17)18/h2-4,7-9H,5-6H2,1H3. The Morgan fingerprint density at radius 3 is 2.78 bits per heavy atom. The van der Waals surface area contributed by atoms with E-state index in [-0.39, 0.29) is 12.4 Å². The van der Waals surface area contributed by atoms with Crippen molar-refractivity contribution in [3.63, 3.8) is 0 Å². The Bertz CT molecular complexity index is 785. The van der Waals surface area contributed by atoms with Crippen LogP contribution >= 0.6 is 0 Å². The number of rotatable bonds is 4. The summed E-state index contributed by atoms with van der Waals surface area (Å²) in [5.41, 5.74) is 1.21. The van der Waals surface area contributed by atoms with Crippen LogP contribution in [0.4, 0.5) is 13.2 Å². The van der Waals surface area contributed by atoms with E-state index in [2.05, 4.69) is 15.0 Å². The van der Waals surface area contributed by atoms with Crippen molar-refractivity contribution in [1.29, 1.82) is 0 Å². The lowest BCUT2D eigenvalue weighted by molar-refractivity contribution is -0.148. The topological polar surface area (TPSA) is 52.8 Å². The lowest BCUT2D eigenvalue weighted by Crippen LogP contribution is -2.20. The Morgan fingerprint density at radius 2 is 2.04 bits per heavy atom. The Kier molecular flexibility index (Phi) is 3.89. The van der Waals surface area contributed by atoms with Crippen LogP contribution < -0.4 is 4.74 Å². The van der Waals surface area contributed by atoms with Crippen LogP contribution in [-0.4, -0.2) is 26.6 Å². The molecule has 0 aromatic heterocycles. The van der Waals surface area contributed by atoms with Gasteiger partial charge in [-0.15, -0.1) is 0 Å². The molecule has 2 heterocycles. The predicted octanol–water partition coefficient (Wildman–Crippen LogP) is 3.05. The first-order valence-electron chi connectivity index (χ1n) is 6.85. The van der Waals surface area contributed by atoms with E-state index in [1.807, 2.05) is 6.07 Å². The first kappa shape index (κ1) is 15.3. The van der Waals surface area contributed by atoms with Gasteiger partial charge in [0.1, 0.15) is 17.8 Å². The van der Waals surface area contributed by atoms with Gasteiger partial charge in [-0.3, -0.25) is 0 Å². The third-order valence-electron chi connectivity index (χ3n) is 3.40. The van der Waals surface area contributed by atoms with Crippen molar-refractivity contribution in [1.82, 2.24) is 19.5 Å². The van der Waals surface area contributed by atoms with E-state index in [9.17, 15) is 13.2 Å². The molecule has 2 aliphatic rings. The van der Waals surface area contributed by atoms with Gasteiger partial charge in [0.2, 0.25) is 5.82 Å². The number of nitrogens with zero attached hydrogens (tertiary/aromatic N) is 4. The summed E-state index contributed by atoms with van der Waals surface area (Å²) in [5.74, 6) is -0.317. The lowest BCUT2D eigenvalue weighted by atomic mass is 10.1. The Balaban J connectivity index is 1.91. The van der Waals surface area contributed by atoms with Gasteiger partial charge in [0.15, 0.2) is 5.82 Å². The van der Waals surface area contributed by atoms with Crippen molar-refractivity contribution in [2.45, 2.75) is 19.1 Å². The second-order valence-corrected chi connectivity index (χ2v) is 4.94. The summed E-state index contributed by atoms with van der Waals surface area (Å²) in [4.78, 5) is 11.2. The molecule has 8 heteroatoms. The van der Waals surface area contributed by atoms with Gasteiger partial charge in [0, 0.05) is 12.7 Å². The second-order valence-electron chi connectivity index (χ2n) is 4.94. The van der Waals surface area contributed by atoms with Gasteiger partial charge < -0.3 is 9.30 Å². The van der Waals surface area contributed by atoms with Crippen molar-refractivity contribution in [2.24, 2.45) is 0 Å². The van der Waals surface area contributed by atoms with E-state index < -0.39 is 12.0 Å². The molecule has 0 atom stereocenters. The highest BCUT2D eigenvalue weighted by molar-refractivity contribution is 5.48. The number of hydrogen-bond donors (Lipinski definition) is 0. The fraction of sp³-hybridized carbons (Fsp3) is 0.267. The summed E-state index contributed by atoms with van der Waals surface area (Å²) < 4.78 is 45.7. The van der Waals surface area contributed by atoms with Crippen LogP contribution in [0.1, 0.15) is 11.4 Å². The van der Waals surface area contributed by atoms with E-state index in [1.54, 1.807) is 25.3 Å². The first-order valence-corrected chi connectivity index (χ1v) is 6.85. The Hall–Kier alpha value is -2.64. The average molecular weight is 322 g/mol. The quantitative estimate of drug-likeness (QED) is 0.741. The van der Waals surface area contributed by atoms with Crippen molar-refractivity contribution >= 4 is 0 Å². The van der Waals surface area contributed by atoms with E-state index >= 15 is 0 Å². The molecule has 3 rings (SSSR count). The zero-order valence-electron chi connectivity index (χ0n) is 12.2. The molecule has 2 aliphatic heterocycles. The third kappa shape index (κ3) is 3.25. The van der Waals surface area contributed by atoms with Crippen LogP contribution in [0.15, 0.2) is 36.8 Å². The molecule has 0 bridgehead atoms. The fourth-order valence-electron chi connectivity index (χ4n) is 2.29. The highest BCUT2D eigenvalue weighted by atomic mass is 19.4. The molecule has 0 unspecified atom stereocenters. The predicted molar refractivity (Wildman–Crippen MR) is 76.1 cm³/mol. The maximum Gasteiger partial charge on any atom is 0.449 e. The molecule has 0 aliphatic carbocycles. The SMILES string of the molecule is COc1cccc(CCn2cc3ncnc-3nc2C(F)(F)F)c1. The first-order chi connectivity index (χ1) is 11.0. The lowest BCUT2D eigenvalue weighted by Gasteiger charge is -2.16. The maximum absolute atomic E-state index is 13.2. The number of aromatic nitrogens is 4. The molecule has 1 aromatic rings. The van der Waals surface area contributed by atoms with Crippen molar-refractivity contribution in [3.05, 3.63) is 48.2 Å². The number of fused-ring (bicyclic) bond motifs is 1. The minimum absolute atomic E-state index is 0.00467. The van der Waals surface area contributed by atoms with Crippen molar-refractivity contribution in [3.8, 4) is 17.3 Å². The summed E-state index contributed by atoms with van der Waals surface area (Å²) in [5, 5.41) is 0. The monoisotopic (exact) mass is 322 g/mol. The van der Waals surface area contributed by atoms with Crippen LogP contribution in [0, 0.1) is 0 Å². The highest BCUT2D eigenvalue weighted by Crippen LogP contribution is 2.30. The largest absolute Gasteiger partial charge is 0.497 e. The number of benzene rings is 1. The average Bonchev–Trinajstić information content (AvgIpc) is 2.98. The fourth-order valence-corrected chi connectivity index (χ4v) is 2.29. The van der Waals surface area contributed by atoms with E-state index in [0.717, 1.165) is 10.1 Å². The van der Waals surface area contributed by atoms with Gasteiger partial charge in [-0.1, -0.05) is 12.1 Å². The van der Waals surface area contributed by atoms with Crippen LogP contribution in [0.25, 0.3) is 11.5 Å². The molecule has 0 amide bonds. The zero-order valence-corrected chi connectivity index (χ0v) is 12.2. The molecule has 0 N–H and O–H groups in total. The van der Waals surface area contributed by atoms with E-state index in [1.165, 1.54) is 12.5 Å². The Labute approximate surface area is 130 Å². The van der Waals surface area contributed by atoms with Crippen molar-refractivity contribution in [2.75, 3.05) is 7.11 Å². The van der Waals surface area contributed by atoms with E-state index in [0.29, 0.717) is 17.9 Å². The van der Waals surface area contributed by atoms with Crippen LogP contribution in [0.3, 0.4) is 0 Å². The third-order valence-corrected chi connectivity index (χ3v) is 3.40. The molecule has 0 spiro atoms. The molecule has 120 valence electrons. The number of aryl methyl sites for hydroxylation is 2. The molecular formula is C15H13F3N4O. The summed E-state index contributed by atoms with van der Waals surface area (Å²) in [6.07, 6.45) is -1.61. The number of hydrogen-bond acceptors (Lipinski definition) is 4. The molecule has 0 saturated heterocycles. The van der Waals surface area contributed by atoms with Gasteiger partial charge in [0.05, 0.1) is 7.11 Å². The molecule has 0 radical (unpaired) electrons. The number of halogens is 3. The number of methoxy groups -OCH3 is 1. The minimum Gasteiger partial charge on any atom is -0.497 e. The van der Waals surface area contributed by atoms with Gasteiger partial charge in [-0.05, 0) is 24.1 Å². The second kappa shape index (κ2) is 5.86.